The van der Waals surface area contributed by atoms with Crippen LogP contribution >= 0.6 is 39.1 Å². The second kappa shape index (κ2) is 5.95. The zero-order chi connectivity index (χ0) is 14.9. The van der Waals surface area contributed by atoms with E-state index < -0.39 is 11.7 Å². The summed E-state index contributed by atoms with van der Waals surface area (Å²) in [6.07, 6.45) is 0.926. The first-order valence-electron chi connectivity index (χ1n) is 5.26. The van der Waals surface area contributed by atoms with E-state index in [0.29, 0.717) is 4.47 Å². The maximum atomic E-state index is 13.1. The first-order chi connectivity index (χ1) is 9.40. The van der Waals surface area contributed by atoms with Crippen molar-refractivity contribution in [2.45, 2.75) is 0 Å². The molecule has 0 aliphatic heterocycles. The predicted octanol–water partition coefficient (Wildman–Crippen LogP) is 4.12. The summed E-state index contributed by atoms with van der Waals surface area (Å²) in [5, 5.41) is 2.92. The fourth-order valence-electron chi connectivity index (χ4n) is 1.44. The average Bonchev–Trinajstić information content (AvgIpc) is 2.42. The Balaban J connectivity index is 2.33. The second-order valence-corrected chi connectivity index (χ2v) is 5.37. The molecule has 1 aromatic heterocycles. The van der Waals surface area contributed by atoms with E-state index in [1.807, 2.05) is 0 Å². The van der Waals surface area contributed by atoms with Crippen LogP contribution in [-0.4, -0.2) is 10.9 Å². The van der Waals surface area contributed by atoms with Crippen LogP contribution in [0.5, 0.6) is 0 Å². The van der Waals surface area contributed by atoms with Crippen LogP contribution in [0.4, 0.5) is 15.9 Å². The van der Waals surface area contributed by atoms with Crippen molar-refractivity contribution in [2.75, 3.05) is 11.1 Å². The Morgan fingerprint density at radius 2 is 2.05 bits per heavy atom. The minimum Gasteiger partial charge on any atom is -0.383 e. The number of carbonyl (C=O) groups excluding carboxylic acids is 1. The number of halogens is 4. The van der Waals surface area contributed by atoms with Gasteiger partial charge in [0.1, 0.15) is 11.6 Å². The molecule has 2 rings (SSSR count). The topological polar surface area (TPSA) is 68.0 Å². The number of nitrogens with one attached hydrogen (secondary N) is 1. The highest BCUT2D eigenvalue weighted by atomic mass is 79.9. The number of nitrogens with zero attached hydrogens (tertiary/aromatic N) is 1. The molecule has 0 saturated carbocycles. The molecule has 4 nitrogen and oxygen atoms in total. The van der Waals surface area contributed by atoms with E-state index >= 15 is 0 Å². The van der Waals surface area contributed by atoms with Gasteiger partial charge in [-0.15, -0.1) is 0 Å². The highest BCUT2D eigenvalue weighted by molar-refractivity contribution is 9.10. The Kier molecular flexibility index (Phi) is 4.47. The summed E-state index contributed by atoms with van der Waals surface area (Å²) in [5.74, 6) is -1.37. The number of carbonyl (C=O) groups is 1. The average molecular weight is 379 g/mol. The van der Waals surface area contributed by atoms with Crippen LogP contribution in [0, 0.1) is 5.82 Å². The predicted molar refractivity (Wildman–Crippen MR) is 80.7 cm³/mol. The van der Waals surface area contributed by atoms with E-state index in [0.717, 1.165) is 12.3 Å². The number of anilines is 2. The van der Waals surface area contributed by atoms with E-state index in [2.05, 4.69) is 26.2 Å². The summed E-state index contributed by atoms with van der Waals surface area (Å²) >= 11 is 15.1. The van der Waals surface area contributed by atoms with Gasteiger partial charge in [-0.2, -0.15) is 0 Å². The molecular formula is C12H7BrCl2FN3O. The molecule has 0 aliphatic rings. The van der Waals surface area contributed by atoms with Crippen molar-refractivity contribution >= 4 is 56.5 Å². The zero-order valence-corrected chi connectivity index (χ0v) is 12.9. The maximum absolute atomic E-state index is 13.1. The van der Waals surface area contributed by atoms with Crippen molar-refractivity contribution in [2.24, 2.45) is 0 Å². The third-order valence-electron chi connectivity index (χ3n) is 2.41. The van der Waals surface area contributed by atoms with Crippen molar-refractivity contribution in [3.8, 4) is 0 Å². The van der Waals surface area contributed by atoms with E-state index in [1.54, 1.807) is 12.1 Å². The van der Waals surface area contributed by atoms with Gasteiger partial charge in [-0.1, -0.05) is 23.2 Å². The van der Waals surface area contributed by atoms with Crippen molar-refractivity contribution in [1.82, 2.24) is 4.98 Å². The Hall–Kier alpha value is -1.37. The number of amides is 1. The summed E-state index contributed by atoms with van der Waals surface area (Å²) < 4.78 is 13.7. The van der Waals surface area contributed by atoms with E-state index in [4.69, 9.17) is 28.9 Å². The lowest BCUT2D eigenvalue weighted by Crippen LogP contribution is -2.15. The summed E-state index contributed by atoms with van der Waals surface area (Å²) in [4.78, 5) is 15.6. The van der Waals surface area contributed by atoms with Crippen molar-refractivity contribution < 1.29 is 9.18 Å². The van der Waals surface area contributed by atoms with Crippen LogP contribution in [0.1, 0.15) is 10.4 Å². The molecule has 8 heteroatoms. The van der Waals surface area contributed by atoms with Gasteiger partial charge in [-0.3, -0.25) is 4.79 Å². The third kappa shape index (κ3) is 3.03. The normalized spacial score (nSPS) is 10.4. The first-order valence-corrected chi connectivity index (χ1v) is 6.81. The van der Waals surface area contributed by atoms with Gasteiger partial charge >= 0.3 is 0 Å². The highest BCUT2D eigenvalue weighted by Crippen LogP contribution is 2.36. The van der Waals surface area contributed by atoms with Crippen LogP contribution in [0.15, 0.2) is 28.9 Å². The van der Waals surface area contributed by atoms with Gasteiger partial charge in [0.25, 0.3) is 5.91 Å². The Labute approximate surface area is 132 Å². The molecule has 1 amide bonds. The van der Waals surface area contributed by atoms with Gasteiger partial charge in [-0.25, -0.2) is 9.37 Å². The SMILES string of the molecule is Nc1ncc(F)cc1C(=O)Nc1ccc(Br)c(Cl)c1Cl. The van der Waals surface area contributed by atoms with Crippen molar-refractivity contribution in [3.05, 3.63) is 50.3 Å². The van der Waals surface area contributed by atoms with Gasteiger partial charge in [0.15, 0.2) is 0 Å². The van der Waals surface area contributed by atoms with Gasteiger partial charge in [0, 0.05) is 4.47 Å². The monoisotopic (exact) mass is 377 g/mol. The van der Waals surface area contributed by atoms with Gasteiger partial charge < -0.3 is 11.1 Å². The molecule has 0 fully saturated rings. The molecule has 0 radical (unpaired) electrons. The quantitative estimate of drug-likeness (QED) is 0.772. The van der Waals surface area contributed by atoms with E-state index in [-0.39, 0.29) is 27.1 Å². The fraction of sp³-hybridized carbons (Fsp3) is 0. The van der Waals surface area contributed by atoms with Crippen LogP contribution in [0.2, 0.25) is 10.0 Å². The van der Waals surface area contributed by atoms with Crippen molar-refractivity contribution in [3.63, 3.8) is 0 Å². The summed E-state index contributed by atoms with van der Waals surface area (Å²) in [7, 11) is 0. The molecule has 0 atom stereocenters. The number of hydrogen-bond donors (Lipinski definition) is 2. The summed E-state index contributed by atoms with van der Waals surface area (Å²) in [6, 6.07) is 4.17. The lowest BCUT2D eigenvalue weighted by molar-refractivity contribution is 0.102. The molecule has 104 valence electrons. The number of rotatable bonds is 2. The number of nitrogen functional groups attached to an aromatic ring is 1. The molecule has 0 aliphatic carbocycles. The fourth-order valence-corrected chi connectivity index (χ4v) is 2.27. The Bertz CT molecular complexity index is 697. The van der Waals surface area contributed by atoms with Crippen LogP contribution in [-0.2, 0) is 0 Å². The summed E-state index contributed by atoms with van der Waals surface area (Å²) in [5.41, 5.74) is 5.73. The van der Waals surface area contributed by atoms with Gasteiger partial charge in [0.2, 0.25) is 0 Å². The van der Waals surface area contributed by atoms with Crippen LogP contribution in [0.25, 0.3) is 0 Å². The minimum absolute atomic E-state index is 0.0803. The molecule has 1 aromatic carbocycles. The summed E-state index contributed by atoms with van der Waals surface area (Å²) in [6.45, 7) is 0. The molecule has 1 heterocycles. The Morgan fingerprint density at radius 1 is 1.35 bits per heavy atom. The molecular weight excluding hydrogens is 372 g/mol. The maximum Gasteiger partial charge on any atom is 0.259 e. The molecule has 0 bridgehead atoms. The largest absolute Gasteiger partial charge is 0.383 e. The van der Waals surface area contributed by atoms with Gasteiger partial charge in [-0.05, 0) is 34.1 Å². The van der Waals surface area contributed by atoms with Gasteiger partial charge in [0.05, 0.1) is 27.5 Å². The van der Waals surface area contributed by atoms with E-state index in [1.165, 1.54) is 0 Å². The molecule has 2 aromatic rings. The van der Waals surface area contributed by atoms with E-state index in [9.17, 15) is 9.18 Å². The van der Waals surface area contributed by atoms with Crippen LogP contribution < -0.4 is 11.1 Å². The molecule has 20 heavy (non-hydrogen) atoms. The third-order valence-corrected chi connectivity index (χ3v) is 4.18. The number of pyridine rings is 1. The Morgan fingerprint density at radius 3 is 2.75 bits per heavy atom. The highest BCUT2D eigenvalue weighted by Gasteiger charge is 2.15. The van der Waals surface area contributed by atoms with Crippen molar-refractivity contribution in [1.29, 1.82) is 0 Å². The standard InChI is InChI=1S/C12H7BrCl2FN3O/c13-7-1-2-8(10(15)9(7)14)19-12(20)6-3-5(16)4-18-11(6)17/h1-4H,(H2,17,18)(H,19,20). The van der Waals surface area contributed by atoms with Crippen LogP contribution in [0.3, 0.4) is 0 Å². The number of nitrogens with two attached hydrogens (primary N) is 1. The smallest absolute Gasteiger partial charge is 0.259 e. The number of benzene rings is 1. The minimum atomic E-state index is -0.663. The number of aromatic nitrogens is 1. The second-order valence-electron chi connectivity index (χ2n) is 3.76. The lowest BCUT2D eigenvalue weighted by Gasteiger charge is -2.10. The zero-order valence-electron chi connectivity index (χ0n) is 9.75. The molecule has 3 N–H and O–H groups in total. The lowest BCUT2D eigenvalue weighted by atomic mass is 10.2. The molecule has 0 saturated heterocycles. The first kappa shape index (κ1) is 15.0. The number of hydrogen-bond acceptors (Lipinski definition) is 3. The molecule has 0 spiro atoms. The molecule has 0 unspecified atom stereocenters.